The van der Waals surface area contributed by atoms with Crippen molar-refractivity contribution in [3.8, 4) is 0 Å². The molecular weight excluding hydrogens is 292 g/mol. The monoisotopic (exact) mass is 314 g/mol. The van der Waals surface area contributed by atoms with E-state index < -0.39 is 0 Å². The summed E-state index contributed by atoms with van der Waals surface area (Å²) in [6.07, 6.45) is 0. The molecule has 4 heteroatoms. The maximum atomic E-state index is 12.2. The molecule has 116 valence electrons. The summed E-state index contributed by atoms with van der Waals surface area (Å²) in [6, 6.07) is 18.3. The van der Waals surface area contributed by atoms with Gasteiger partial charge in [0.2, 0.25) is 5.91 Å². The van der Waals surface area contributed by atoms with Gasteiger partial charge in [0.25, 0.3) is 0 Å². The minimum Gasteiger partial charge on any atom is -0.378 e. The van der Waals surface area contributed by atoms with Gasteiger partial charge in [-0.05, 0) is 29.8 Å². The number of nitrogens with zero attached hydrogens (tertiary/aromatic N) is 2. The number of carbonyl (C=O) groups is 1. The molecule has 2 rings (SSSR count). The molecule has 2 aromatic rings. The number of thioether (sulfide) groups is 1. The van der Waals surface area contributed by atoms with Crippen molar-refractivity contribution < 1.29 is 4.79 Å². The number of amides is 1. The van der Waals surface area contributed by atoms with Gasteiger partial charge in [-0.15, -0.1) is 11.8 Å². The fourth-order valence-corrected chi connectivity index (χ4v) is 2.89. The zero-order valence-electron chi connectivity index (χ0n) is 13.3. The Morgan fingerprint density at radius 3 is 2.18 bits per heavy atom. The first-order valence-corrected chi connectivity index (χ1v) is 8.23. The third-order valence-corrected chi connectivity index (χ3v) is 4.40. The first-order chi connectivity index (χ1) is 10.6. The summed E-state index contributed by atoms with van der Waals surface area (Å²) in [5.74, 6) is 0.613. The van der Waals surface area contributed by atoms with Crippen LogP contribution in [0.3, 0.4) is 0 Å². The van der Waals surface area contributed by atoms with Crippen LogP contribution in [0.5, 0.6) is 0 Å². The van der Waals surface area contributed by atoms with Gasteiger partial charge in [0, 0.05) is 38.3 Å². The molecule has 0 heterocycles. The lowest BCUT2D eigenvalue weighted by Crippen LogP contribution is -2.27. The molecule has 0 aliphatic heterocycles. The predicted octanol–water partition coefficient (Wildman–Crippen LogP) is 3.50. The van der Waals surface area contributed by atoms with Gasteiger partial charge >= 0.3 is 0 Å². The molecule has 0 aliphatic rings. The molecule has 22 heavy (non-hydrogen) atoms. The summed E-state index contributed by atoms with van der Waals surface area (Å²) in [7, 11) is 5.89. The molecule has 0 radical (unpaired) electrons. The van der Waals surface area contributed by atoms with Crippen LogP contribution in [-0.2, 0) is 11.3 Å². The predicted molar refractivity (Wildman–Crippen MR) is 94.4 cm³/mol. The van der Waals surface area contributed by atoms with Gasteiger partial charge in [0.05, 0.1) is 5.75 Å². The minimum atomic E-state index is 0.144. The molecule has 0 spiro atoms. The molecule has 0 atom stereocenters. The van der Waals surface area contributed by atoms with E-state index in [0.717, 1.165) is 16.1 Å². The Kier molecular flexibility index (Phi) is 5.90. The average molecular weight is 314 g/mol. The van der Waals surface area contributed by atoms with Crippen LogP contribution >= 0.6 is 11.8 Å². The van der Waals surface area contributed by atoms with Crippen LogP contribution in [0.1, 0.15) is 5.56 Å². The number of carbonyl (C=O) groups excluding carboxylic acids is 1. The minimum absolute atomic E-state index is 0.144. The fourth-order valence-electron chi connectivity index (χ4n) is 2.03. The highest BCUT2D eigenvalue weighted by Crippen LogP contribution is 2.18. The topological polar surface area (TPSA) is 23.6 Å². The van der Waals surface area contributed by atoms with Crippen LogP contribution in [-0.4, -0.2) is 37.7 Å². The molecule has 3 nitrogen and oxygen atoms in total. The van der Waals surface area contributed by atoms with E-state index in [0.29, 0.717) is 12.3 Å². The van der Waals surface area contributed by atoms with Crippen LogP contribution in [0.2, 0.25) is 0 Å². The standard InChI is InChI=1S/C18H22N2OS/c1-19(2)16-11-9-15(10-12-16)13-20(3)18(21)14-22-17-7-5-4-6-8-17/h4-12H,13-14H2,1-3H3. The van der Waals surface area contributed by atoms with Gasteiger partial charge in [-0.25, -0.2) is 0 Å². The van der Waals surface area contributed by atoms with Gasteiger partial charge in [-0.2, -0.15) is 0 Å². The van der Waals surface area contributed by atoms with E-state index in [1.54, 1.807) is 16.7 Å². The molecule has 0 unspecified atom stereocenters. The van der Waals surface area contributed by atoms with Crippen LogP contribution in [0.4, 0.5) is 5.69 Å². The van der Waals surface area contributed by atoms with Crippen molar-refractivity contribution in [3.63, 3.8) is 0 Å². The molecule has 0 aromatic heterocycles. The quantitative estimate of drug-likeness (QED) is 0.762. The molecule has 0 bridgehead atoms. The van der Waals surface area contributed by atoms with Gasteiger partial charge in [-0.3, -0.25) is 4.79 Å². The van der Waals surface area contributed by atoms with Crippen LogP contribution in [0.25, 0.3) is 0 Å². The highest BCUT2D eigenvalue weighted by atomic mass is 32.2. The molecular formula is C18H22N2OS. The second-order valence-corrected chi connectivity index (χ2v) is 6.46. The zero-order valence-corrected chi connectivity index (χ0v) is 14.1. The van der Waals surface area contributed by atoms with Crippen molar-refractivity contribution in [3.05, 3.63) is 60.2 Å². The van der Waals surface area contributed by atoms with E-state index in [9.17, 15) is 4.79 Å². The van der Waals surface area contributed by atoms with Crippen molar-refractivity contribution >= 4 is 23.4 Å². The normalized spacial score (nSPS) is 10.3. The molecule has 0 N–H and O–H groups in total. The number of rotatable bonds is 6. The van der Waals surface area contributed by atoms with Crippen LogP contribution in [0.15, 0.2) is 59.5 Å². The van der Waals surface area contributed by atoms with E-state index in [-0.39, 0.29) is 5.91 Å². The van der Waals surface area contributed by atoms with Crippen molar-refractivity contribution in [1.82, 2.24) is 4.90 Å². The van der Waals surface area contributed by atoms with Crippen molar-refractivity contribution in [1.29, 1.82) is 0 Å². The summed E-state index contributed by atoms with van der Waals surface area (Å²) in [6.45, 7) is 0.641. The summed E-state index contributed by atoms with van der Waals surface area (Å²) in [5.41, 5.74) is 2.31. The maximum Gasteiger partial charge on any atom is 0.232 e. The Morgan fingerprint density at radius 2 is 1.59 bits per heavy atom. The highest BCUT2D eigenvalue weighted by molar-refractivity contribution is 8.00. The molecule has 0 saturated carbocycles. The second kappa shape index (κ2) is 7.90. The third kappa shape index (κ3) is 4.81. The Hall–Kier alpha value is -1.94. The summed E-state index contributed by atoms with van der Waals surface area (Å²) in [4.78, 5) is 17.2. The Balaban J connectivity index is 1.85. The molecule has 1 amide bonds. The van der Waals surface area contributed by atoms with Crippen molar-refractivity contribution in [2.24, 2.45) is 0 Å². The lowest BCUT2D eigenvalue weighted by molar-refractivity contribution is -0.127. The van der Waals surface area contributed by atoms with E-state index in [1.165, 1.54) is 0 Å². The lowest BCUT2D eigenvalue weighted by atomic mass is 10.2. The van der Waals surface area contributed by atoms with E-state index in [4.69, 9.17) is 0 Å². The van der Waals surface area contributed by atoms with Gasteiger partial charge < -0.3 is 9.80 Å². The zero-order chi connectivity index (χ0) is 15.9. The largest absolute Gasteiger partial charge is 0.378 e. The van der Waals surface area contributed by atoms with E-state index >= 15 is 0 Å². The van der Waals surface area contributed by atoms with Crippen LogP contribution in [0, 0.1) is 0 Å². The second-order valence-electron chi connectivity index (χ2n) is 5.41. The number of hydrogen-bond donors (Lipinski definition) is 0. The van der Waals surface area contributed by atoms with Gasteiger partial charge in [-0.1, -0.05) is 30.3 Å². The Labute approximate surface area is 136 Å². The molecule has 0 saturated heterocycles. The molecule has 0 aliphatic carbocycles. The Bertz CT molecular complexity index is 596. The van der Waals surface area contributed by atoms with Crippen LogP contribution < -0.4 is 4.90 Å². The van der Waals surface area contributed by atoms with E-state index in [1.807, 2.05) is 51.5 Å². The number of anilines is 1. The SMILES string of the molecule is CN(Cc1ccc(N(C)C)cc1)C(=O)CSc1ccccc1. The molecule has 0 fully saturated rings. The Morgan fingerprint density at radius 1 is 0.955 bits per heavy atom. The summed E-state index contributed by atoms with van der Waals surface area (Å²) in [5, 5.41) is 0. The van der Waals surface area contributed by atoms with Crippen molar-refractivity contribution in [2.75, 3.05) is 31.8 Å². The summed E-state index contributed by atoms with van der Waals surface area (Å²) < 4.78 is 0. The first-order valence-electron chi connectivity index (χ1n) is 7.24. The third-order valence-electron chi connectivity index (χ3n) is 3.40. The summed E-state index contributed by atoms with van der Waals surface area (Å²) >= 11 is 1.58. The average Bonchev–Trinajstić information content (AvgIpc) is 2.54. The molecule has 2 aromatic carbocycles. The fraction of sp³-hybridized carbons (Fsp3) is 0.278. The lowest BCUT2D eigenvalue weighted by Gasteiger charge is -2.18. The number of benzene rings is 2. The highest BCUT2D eigenvalue weighted by Gasteiger charge is 2.10. The smallest absolute Gasteiger partial charge is 0.232 e. The maximum absolute atomic E-state index is 12.2. The van der Waals surface area contributed by atoms with Crippen molar-refractivity contribution in [2.45, 2.75) is 11.4 Å². The van der Waals surface area contributed by atoms with Gasteiger partial charge in [0.15, 0.2) is 0 Å². The van der Waals surface area contributed by atoms with Gasteiger partial charge in [0.1, 0.15) is 0 Å². The number of hydrogen-bond acceptors (Lipinski definition) is 3. The van der Waals surface area contributed by atoms with E-state index in [2.05, 4.69) is 29.2 Å². The first kappa shape index (κ1) is 16.4.